The summed E-state index contributed by atoms with van der Waals surface area (Å²) in [5.41, 5.74) is 5.75. The van der Waals surface area contributed by atoms with Crippen LogP contribution >= 0.6 is 23.1 Å². The summed E-state index contributed by atoms with van der Waals surface area (Å²) in [7, 11) is 0. The number of carboxylic acid groups (broad SMARTS) is 1. The number of aromatic nitrogens is 1. The molecule has 1 unspecified atom stereocenters. The van der Waals surface area contributed by atoms with Gasteiger partial charge in [0.05, 0.1) is 0 Å². The zero-order valence-corrected chi connectivity index (χ0v) is 19.0. The van der Waals surface area contributed by atoms with E-state index in [1.165, 1.54) is 24.1 Å². The van der Waals surface area contributed by atoms with E-state index in [0.717, 1.165) is 16.2 Å². The van der Waals surface area contributed by atoms with Crippen LogP contribution in [-0.4, -0.2) is 74.3 Å². The molecule has 0 bridgehead atoms. The largest absolute Gasteiger partial charge is 0.477 e. The molecule has 0 spiro atoms. The number of hydrogen-bond acceptors (Lipinski definition) is 11. The van der Waals surface area contributed by atoms with Gasteiger partial charge in [0.1, 0.15) is 35.5 Å². The number of amides is 2. The van der Waals surface area contributed by atoms with Crippen molar-refractivity contribution in [2.75, 3.05) is 18.1 Å². The Bertz CT molecular complexity index is 1020. The highest BCUT2D eigenvalue weighted by atomic mass is 32.2. The van der Waals surface area contributed by atoms with Gasteiger partial charge in [0, 0.05) is 23.6 Å². The highest BCUT2D eigenvalue weighted by Crippen LogP contribution is 2.40. The molecule has 1 fully saturated rings. The summed E-state index contributed by atoms with van der Waals surface area (Å²) in [6, 6.07) is -0.975. The Morgan fingerprint density at radius 2 is 2.16 bits per heavy atom. The summed E-state index contributed by atoms with van der Waals surface area (Å²) in [6.07, 6.45) is -0.303. The molecule has 2 amide bonds. The number of rotatable bonds is 8. The van der Waals surface area contributed by atoms with Gasteiger partial charge in [-0.3, -0.25) is 19.3 Å². The van der Waals surface area contributed by atoms with E-state index >= 15 is 0 Å². The van der Waals surface area contributed by atoms with Gasteiger partial charge >= 0.3 is 11.9 Å². The number of nitrogens with one attached hydrogen (secondary N) is 1. The third kappa shape index (κ3) is 4.85. The van der Waals surface area contributed by atoms with Crippen molar-refractivity contribution < 1.29 is 33.9 Å². The number of nitrogens with two attached hydrogens (primary N) is 1. The molecule has 4 N–H and O–H groups in total. The predicted molar refractivity (Wildman–Crippen MR) is 116 cm³/mol. The molecule has 1 saturated heterocycles. The van der Waals surface area contributed by atoms with Gasteiger partial charge in [-0.05, 0) is 13.8 Å². The van der Waals surface area contributed by atoms with E-state index in [1.807, 2.05) is 0 Å². The average Bonchev–Trinajstić information content (AvgIpc) is 3.15. The summed E-state index contributed by atoms with van der Waals surface area (Å²) in [6.45, 7) is 4.44. The Morgan fingerprint density at radius 3 is 2.72 bits per heavy atom. The van der Waals surface area contributed by atoms with Crippen LogP contribution in [0.15, 0.2) is 21.8 Å². The van der Waals surface area contributed by atoms with Gasteiger partial charge in [-0.15, -0.1) is 23.1 Å². The first-order chi connectivity index (χ1) is 15.1. The molecule has 14 heteroatoms. The minimum Gasteiger partial charge on any atom is -0.477 e. The van der Waals surface area contributed by atoms with E-state index in [9.17, 15) is 24.3 Å². The first-order valence-corrected chi connectivity index (χ1v) is 11.3. The third-order valence-corrected chi connectivity index (χ3v) is 6.33. The molecule has 0 saturated carbocycles. The van der Waals surface area contributed by atoms with Crippen molar-refractivity contribution in [3.8, 4) is 0 Å². The van der Waals surface area contributed by atoms with E-state index in [2.05, 4.69) is 15.5 Å². The number of nitrogens with zero attached hydrogens (tertiary/aromatic N) is 3. The minimum atomic E-state index is -1.32. The summed E-state index contributed by atoms with van der Waals surface area (Å²) in [5, 5.41) is 17.2. The molecule has 1 aromatic rings. The highest BCUT2D eigenvalue weighted by molar-refractivity contribution is 8.00. The standard InChI is InChI=1S/C18H21N5O7S2/c1-7(2)30-22-11(10-6-32-18(19)20-10)14(25)21-12-15(26)23-13(17(27)28)9(4-29-8(3)24)5-31-16(12)23/h6-7,12,16H,4-5H2,1-3H3,(H2,19,20)(H,21,25)(H,27,28)/t12?,16-/m1/s1. The van der Waals surface area contributed by atoms with Crippen LogP contribution in [0.4, 0.5) is 5.13 Å². The molecule has 0 aromatic carbocycles. The number of carboxylic acids is 1. The number of anilines is 1. The number of thiazole rings is 1. The lowest BCUT2D eigenvalue weighted by atomic mass is 10.0. The maximum atomic E-state index is 12.9. The van der Waals surface area contributed by atoms with Crippen LogP contribution < -0.4 is 11.1 Å². The first-order valence-electron chi connectivity index (χ1n) is 9.39. The van der Waals surface area contributed by atoms with Gasteiger partial charge in [0.25, 0.3) is 11.8 Å². The number of oxime groups is 1. The van der Waals surface area contributed by atoms with Gasteiger partial charge in [-0.2, -0.15) is 0 Å². The van der Waals surface area contributed by atoms with Crippen molar-refractivity contribution in [3.63, 3.8) is 0 Å². The second-order valence-electron chi connectivity index (χ2n) is 7.06. The molecule has 32 heavy (non-hydrogen) atoms. The average molecular weight is 484 g/mol. The topological polar surface area (TPSA) is 174 Å². The molecule has 3 heterocycles. The van der Waals surface area contributed by atoms with Crippen LogP contribution in [0.3, 0.4) is 0 Å². The Hall–Kier alpha value is -3.13. The Balaban J connectivity index is 1.78. The number of fused-ring (bicyclic) bond motifs is 1. The first kappa shape index (κ1) is 23.5. The Kier molecular flexibility index (Phi) is 7.03. The third-order valence-electron chi connectivity index (χ3n) is 4.32. The van der Waals surface area contributed by atoms with Crippen molar-refractivity contribution in [1.82, 2.24) is 15.2 Å². The molecule has 1 aromatic heterocycles. The quantitative estimate of drug-likeness (QED) is 0.200. The van der Waals surface area contributed by atoms with Crippen molar-refractivity contribution in [1.29, 1.82) is 0 Å². The van der Waals surface area contributed by atoms with Gasteiger partial charge in [-0.25, -0.2) is 9.78 Å². The second-order valence-corrected chi connectivity index (χ2v) is 9.06. The van der Waals surface area contributed by atoms with E-state index in [0.29, 0.717) is 5.57 Å². The van der Waals surface area contributed by atoms with Crippen molar-refractivity contribution >= 4 is 57.7 Å². The Morgan fingerprint density at radius 1 is 1.44 bits per heavy atom. The zero-order valence-electron chi connectivity index (χ0n) is 17.4. The molecule has 12 nitrogen and oxygen atoms in total. The molecule has 2 atom stereocenters. The van der Waals surface area contributed by atoms with Crippen LogP contribution in [0.25, 0.3) is 0 Å². The molecular formula is C18H21N5O7S2. The van der Waals surface area contributed by atoms with Gasteiger partial charge in [-0.1, -0.05) is 5.16 Å². The fraction of sp³-hybridized carbons (Fsp3) is 0.444. The molecular weight excluding hydrogens is 462 g/mol. The summed E-state index contributed by atoms with van der Waals surface area (Å²) in [5.74, 6) is -2.97. The van der Waals surface area contributed by atoms with Crippen molar-refractivity contribution in [3.05, 3.63) is 22.3 Å². The number of esters is 1. The Labute approximate surface area is 190 Å². The maximum absolute atomic E-state index is 12.9. The van der Waals surface area contributed by atoms with Gasteiger partial charge in [0.15, 0.2) is 10.8 Å². The number of carbonyl (C=O) groups excluding carboxylic acids is 3. The predicted octanol–water partition coefficient (Wildman–Crippen LogP) is 0.156. The SMILES string of the molecule is CC(=O)OCC1=C(C(=O)O)N2C(=O)C(NC(=O)C(=NOC(C)C)c3csc(N)n3)[C@H]2SC1. The maximum Gasteiger partial charge on any atom is 0.352 e. The summed E-state index contributed by atoms with van der Waals surface area (Å²) >= 11 is 2.37. The van der Waals surface area contributed by atoms with Crippen LogP contribution in [-0.2, 0) is 28.8 Å². The summed E-state index contributed by atoms with van der Waals surface area (Å²) in [4.78, 5) is 58.8. The number of hydrogen-bond donors (Lipinski definition) is 3. The van der Waals surface area contributed by atoms with E-state index in [4.69, 9.17) is 15.3 Å². The smallest absolute Gasteiger partial charge is 0.352 e. The normalized spacial score (nSPS) is 20.6. The molecule has 172 valence electrons. The zero-order chi connectivity index (χ0) is 23.6. The summed E-state index contributed by atoms with van der Waals surface area (Å²) < 4.78 is 4.90. The van der Waals surface area contributed by atoms with Crippen molar-refractivity contribution in [2.24, 2.45) is 5.16 Å². The number of β-lactam (4-membered cyclic amide) rings is 1. The number of thioether (sulfide) groups is 1. The molecule has 0 radical (unpaired) electrons. The number of ether oxygens (including phenoxy) is 1. The lowest BCUT2D eigenvalue weighted by Gasteiger charge is -2.49. The highest BCUT2D eigenvalue weighted by Gasteiger charge is 2.54. The monoisotopic (exact) mass is 483 g/mol. The lowest BCUT2D eigenvalue weighted by Crippen LogP contribution is -2.71. The van der Waals surface area contributed by atoms with E-state index < -0.39 is 35.2 Å². The van der Waals surface area contributed by atoms with E-state index in [-0.39, 0.29) is 40.7 Å². The van der Waals surface area contributed by atoms with E-state index in [1.54, 1.807) is 13.8 Å². The van der Waals surface area contributed by atoms with Crippen LogP contribution in [0, 0.1) is 0 Å². The second kappa shape index (κ2) is 9.56. The number of nitrogen functional groups attached to an aromatic ring is 1. The molecule has 2 aliphatic rings. The molecule has 2 aliphatic heterocycles. The fourth-order valence-corrected chi connectivity index (χ4v) is 4.83. The minimum absolute atomic E-state index is 0.150. The number of carbonyl (C=O) groups is 4. The van der Waals surface area contributed by atoms with Gasteiger partial charge in [0.2, 0.25) is 0 Å². The molecule has 3 rings (SSSR count). The number of aliphatic carboxylic acids is 1. The van der Waals surface area contributed by atoms with Crippen LogP contribution in [0.5, 0.6) is 0 Å². The fourth-order valence-electron chi connectivity index (χ4n) is 2.95. The lowest BCUT2D eigenvalue weighted by molar-refractivity contribution is -0.150. The van der Waals surface area contributed by atoms with Crippen molar-refractivity contribution in [2.45, 2.75) is 38.3 Å². The molecule has 0 aliphatic carbocycles. The van der Waals surface area contributed by atoms with Crippen LogP contribution in [0.1, 0.15) is 26.5 Å². The van der Waals surface area contributed by atoms with Gasteiger partial charge < -0.3 is 25.7 Å². The van der Waals surface area contributed by atoms with Crippen LogP contribution in [0.2, 0.25) is 0 Å².